The highest BCUT2D eigenvalue weighted by molar-refractivity contribution is 5.49. The van der Waals surface area contributed by atoms with Crippen LogP contribution in [0.25, 0.3) is 0 Å². The van der Waals surface area contributed by atoms with Crippen LogP contribution < -0.4 is 15.8 Å². The molecule has 0 bridgehead atoms. The molecule has 3 heteroatoms. The fraction of sp³-hybridized carbons (Fsp3) is 0.571. The Morgan fingerprint density at radius 3 is 2.76 bits per heavy atom. The van der Waals surface area contributed by atoms with E-state index >= 15 is 0 Å². The number of hydrogen-bond acceptors (Lipinski definition) is 3. The summed E-state index contributed by atoms with van der Waals surface area (Å²) in [5.41, 5.74) is 6.90. The van der Waals surface area contributed by atoms with Gasteiger partial charge in [-0.05, 0) is 24.5 Å². The van der Waals surface area contributed by atoms with Gasteiger partial charge in [0.2, 0.25) is 0 Å². The Balaban J connectivity index is 2.66. The molecule has 96 valence electrons. The van der Waals surface area contributed by atoms with Gasteiger partial charge in [-0.3, -0.25) is 0 Å². The number of ether oxygens (including phenoxy) is 1. The molecule has 1 aromatic carbocycles. The lowest BCUT2D eigenvalue weighted by molar-refractivity contribution is 0.414. The fourth-order valence-electron chi connectivity index (χ4n) is 2.02. The van der Waals surface area contributed by atoms with Crippen molar-refractivity contribution in [1.82, 2.24) is 0 Å². The molecule has 17 heavy (non-hydrogen) atoms. The molecule has 2 atom stereocenters. The predicted octanol–water partition coefficient (Wildman–Crippen LogP) is 2.87. The van der Waals surface area contributed by atoms with E-state index in [0.717, 1.165) is 11.4 Å². The van der Waals surface area contributed by atoms with Gasteiger partial charge < -0.3 is 15.8 Å². The van der Waals surface area contributed by atoms with Gasteiger partial charge in [0.1, 0.15) is 5.75 Å². The molecule has 0 amide bonds. The maximum absolute atomic E-state index is 5.83. The standard InChI is InChI=1S/C14H24N2O/c1-4-6-11(2)14(10-15)16-12-7-5-8-13(9-12)17-3/h5,7-9,11,14,16H,4,6,10,15H2,1-3H3. The van der Waals surface area contributed by atoms with Gasteiger partial charge in [0.25, 0.3) is 0 Å². The summed E-state index contributed by atoms with van der Waals surface area (Å²) in [5.74, 6) is 1.45. The van der Waals surface area contributed by atoms with Crippen LogP contribution in [0.1, 0.15) is 26.7 Å². The second kappa shape index (κ2) is 7.17. The second-order valence-corrected chi connectivity index (χ2v) is 4.48. The highest BCUT2D eigenvalue weighted by Crippen LogP contribution is 2.20. The number of benzene rings is 1. The highest BCUT2D eigenvalue weighted by atomic mass is 16.5. The summed E-state index contributed by atoms with van der Waals surface area (Å²) < 4.78 is 5.21. The Morgan fingerprint density at radius 2 is 2.18 bits per heavy atom. The third-order valence-corrected chi connectivity index (χ3v) is 3.11. The molecule has 0 aromatic heterocycles. The average molecular weight is 236 g/mol. The Labute approximate surface area is 104 Å². The average Bonchev–Trinajstić information content (AvgIpc) is 2.36. The second-order valence-electron chi connectivity index (χ2n) is 4.48. The van der Waals surface area contributed by atoms with Crippen molar-refractivity contribution in [3.8, 4) is 5.75 Å². The van der Waals surface area contributed by atoms with Crippen LogP contribution in [-0.2, 0) is 0 Å². The van der Waals surface area contributed by atoms with E-state index in [1.54, 1.807) is 7.11 Å². The molecule has 1 rings (SSSR count). The topological polar surface area (TPSA) is 47.3 Å². The van der Waals surface area contributed by atoms with Gasteiger partial charge in [-0.1, -0.05) is 26.3 Å². The molecule has 0 aliphatic rings. The molecule has 0 aliphatic carbocycles. The Bertz CT molecular complexity index is 328. The van der Waals surface area contributed by atoms with E-state index in [0.29, 0.717) is 18.5 Å². The highest BCUT2D eigenvalue weighted by Gasteiger charge is 2.14. The smallest absolute Gasteiger partial charge is 0.120 e. The molecule has 1 aromatic rings. The van der Waals surface area contributed by atoms with Gasteiger partial charge in [-0.25, -0.2) is 0 Å². The minimum Gasteiger partial charge on any atom is -0.497 e. The maximum atomic E-state index is 5.83. The summed E-state index contributed by atoms with van der Waals surface area (Å²) in [6.07, 6.45) is 2.39. The van der Waals surface area contributed by atoms with Gasteiger partial charge in [-0.15, -0.1) is 0 Å². The Morgan fingerprint density at radius 1 is 1.41 bits per heavy atom. The van der Waals surface area contributed by atoms with Crippen LogP contribution in [0.4, 0.5) is 5.69 Å². The fourth-order valence-corrected chi connectivity index (χ4v) is 2.02. The minimum absolute atomic E-state index is 0.321. The van der Waals surface area contributed by atoms with E-state index in [2.05, 4.69) is 19.2 Å². The number of anilines is 1. The van der Waals surface area contributed by atoms with Crippen molar-refractivity contribution in [2.45, 2.75) is 32.7 Å². The first-order valence-corrected chi connectivity index (χ1v) is 6.31. The normalized spacial score (nSPS) is 14.1. The zero-order valence-electron chi connectivity index (χ0n) is 11.1. The Hall–Kier alpha value is -1.22. The van der Waals surface area contributed by atoms with E-state index in [4.69, 9.17) is 10.5 Å². The molecular formula is C14H24N2O. The number of rotatable bonds is 7. The number of nitrogens with two attached hydrogens (primary N) is 1. The largest absolute Gasteiger partial charge is 0.497 e. The Kier molecular flexibility index (Phi) is 5.84. The lowest BCUT2D eigenvalue weighted by Crippen LogP contribution is -2.35. The van der Waals surface area contributed by atoms with E-state index in [1.807, 2.05) is 24.3 Å². The monoisotopic (exact) mass is 236 g/mol. The van der Waals surface area contributed by atoms with Crippen molar-refractivity contribution in [2.24, 2.45) is 11.7 Å². The minimum atomic E-state index is 0.321. The van der Waals surface area contributed by atoms with E-state index in [9.17, 15) is 0 Å². The van der Waals surface area contributed by atoms with Gasteiger partial charge in [-0.2, -0.15) is 0 Å². The number of nitrogens with one attached hydrogen (secondary N) is 1. The molecule has 0 fully saturated rings. The van der Waals surface area contributed by atoms with Crippen LogP contribution >= 0.6 is 0 Å². The van der Waals surface area contributed by atoms with Crippen molar-refractivity contribution in [3.05, 3.63) is 24.3 Å². The lowest BCUT2D eigenvalue weighted by Gasteiger charge is -2.24. The number of hydrogen-bond donors (Lipinski definition) is 2. The predicted molar refractivity (Wildman–Crippen MR) is 73.5 cm³/mol. The van der Waals surface area contributed by atoms with Crippen molar-refractivity contribution in [3.63, 3.8) is 0 Å². The summed E-state index contributed by atoms with van der Waals surface area (Å²) in [6, 6.07) is 8.30. The van der Waals surface area contributed by atoms with Crippen LogP contribution in [0.15, 0.2) is 24.3 Å². The van der Waals surface area contributed by atoms with E-state index in [-0.39, 0.29) is 0 Å². The molecule has 3 N–H and O–H groups in total. The lowest BCUT2D eigenvalue weighted by atomic mass is 9.96. The van der Waals surface area contributed by atoms with Gasteiger partial charge in [0, 0.05) is 24.3 Å². The van der Waals surface area contributed by atoms with Crippen LogP contribution in [-0.4, -0.2) is 19.7 Å². The quantitative estimate of drug-likeness (QED) is 0.765. The third kappa shape index (κ3) is 4.27. The summed E-state index contributed by atoms with van der Waals surface area (Å²) >= 11 is 0. The van der Waals surface area contributed by atoms with E-state index < -0.39 is 0 Å². The summed E-state index contributed by atoms with van der Waals surface area (Å²) in [4.78, 5) is 0. The van der Waals surface area contributed by atoms with Crippen molar-refractivity contribution < 1.29 is 4.74 Å². The van der Waals surface area contributed by atoms with E-state index in [1.165, 1.54) is 12.8 Å². The maximum Gasteiger partial charge on any atom is 0.120 e. The number of methoxy groups -OCH3 is 1. The van der Waals surface area contributed by atoms with Crippen molar-refractivity contribution in [2.75, 3.05) is 19.0 Å². The molecule has 0 saturated carbocycles. The molecule has 0 saturated heterocycles. The molecule has 3 nitrogen and oxygen atoms in total. The molecule has 0 heterocycles. The third-order valence-electron chi connectivity index (χ3n) is 3.11. The van der Waals surface area contributed by atoms with Gasteiger partial charge >= 0.3 is 0 Å². The zero-order valence-corrected chi connectivity index (χ0v) is 11.1. The summed E-state index contributed by atoms with van der Waals surface area (Å²) in [6.45, 7) is 5.10. The van der Waals surface area contributed by atoms with Gasteiger partial charge in [0.15, 0.2) is 0 Å². The molecule has 0 radical (unpaired) electrons. The summed E-state index contributed by atoms with van der Waals surface area (Å²) in [5, 5.41) is 3.48. The molecule has 0 aliphatic heterocycles. The molecular weight excluding hydrogens is 212 g/mol. The van der Waals surface area contributed by atoms with Crippen LogP contribution in [0, 0.1) is 5.92 Å². The van der Waals surface area contributed by atoms with Gasteiger partial charge in [0.05, 0.1) is 7.11 Å². The van der Waals surface area contributed by atoms with Crippen LogP contribution in [0.2, 0.25) is 0 Å². The van der Waals surface area contributed by atoms with Crippen LogP contribution in [0.3, 0.4) is 0 Å². The first-order chi connectivity index (χ1) is 8.21. The first-order valence-electron chi connectivity index (χ1n) is 6.31. The zero-order chi connectivity index (χ0) is 12.7. The SMILES string of the molecule is CCCC(C)C(CN)Nc1cccc(OC)c1. The van der Waals surface area contributed by atoms with Crippen LogP contribution in [0.5, 0.6) is 5.75 Å². The van der Waals surface area contributed by atoms with Crippen molar-refractivity contribution in [1.29, 1.82) is 0 Å². The molecule has 0 spiro atoms. The molecule has 2 unspecified atom stereocenters. The first kappa shape index (κ1) is 13.8. The van der Waals surface area contributed by atoms with Crippen molar-refractivity contribution >= 4 is 5.69 Å². The summed E-state index contributed by atoms with van der Waals surface area (Å²) in [7, 11) is 1.68.